The molecule has 2 aromatic rings. The first-order valence-electron chi connectivity index (χ1n) is 12.0. The van der Waals surface area contributed by atoms with Crippen molar-refractivity contribution in [3.63, 3.8) is 0 Å². The van der Waals surface area contributed by atoms with E-state index in [2.05, 4.69) is 34.9 Å². The van der Waals surface area contributed by atoms with Crippen LogP contribution in [0.3, 0.4) is 0 Å². The minimum absolute atomic E-state index is 0.0538. The largest absolute Gasteiger partial charge is 0.481 e. The number of carboxylic acids is 1. The molecular weight excluding hydrogens is 432 g/mol. The number of alkyl carbamates (subject to hydrolysis) is 1. The Morgan fingerprint density at radius 3 is 2.21 bits per heavy atom. The molecule has 0 aliphatic heterocycles. The molecule has 2 fully saturated rings. The number of carbonyl (C=O) groups excluding carboxylic acids is 2. The van der Waals surface area contributed by atoms with Gasteiger partial charge < -0.3 is 20.5 Å². The van der Waals surface area contributed by atoms with Crippen LogP contribution in [0.25, 0.3) is 11.1 Å². The topological polar surface area (TPSA) is 105 Å². The van der Waals surface area contributed by atoms with Crippen LogP contribution in [0, 0.1) is 17.3 Å². The molecule has 3 aliphatic carbocycles. The standard InChI is InChI=1S/C27H30N2O5/c1-15(2)23(24(30)28-17-11-16-12-27(16,13-17)25(31)32)29-26(33)34-14-22-20-9-5-3-7-18(20)19-8-4-6-10-21(19)22/h3-10,15-17,22-23H,11-14H2,1-2H3,(H,28,30)(H,29,33)(H,31,32)/t16-,17+,23?,27+/m0/s1. The van der Waals surface area contributed by atoms with Gasteiger partial charge in [-0.3, -0.25) is 9.59 Å². The zero-order valence-corrected chi connectivity index (χ0v) is 19.4. The maximum absolute atomic E-state index is 12.9. The monoisotopic (exact) mass is 462 g/mol. The minimum atomic E-state index is -0.772. The molecule has 178 valence electrons. The number of fused-ring (bicyclic) bond motifs is 4. The van der Waals surface area contributed by atoms with Crippen molar-refractivity contribution in [3.8, 4) is 11.1 Å². The van der Waals surface area contributed by atoms with Gasteiger partial charge in [-0.15, -0.1) is 0 Å². The lowest BCUT2D eigenvalue weighted by atomic mass is 9.98. The number of carbonyl (C=O) groups is 3. The zero-order valence-electron chi connectivity index (χ0n) is 19.4. The van der Waals surface area contributed by atoms with Crippen molar-refractivity contribution in [2.24, 2.45) is 17.3 Å². The second-order valence-corrected chi connectivity index (χ2v) is 10.2. The van der Waals surface area contributed by atoms with Crippen LogP contribution in [0.5, 0.6) is 0 Å². The van der Waals surface area contributed by atoms with Crippen LogP contribution < -0.4 is 10.6 Å². The summed E-state index contributed by atoms with van der Waals surface area (Å²) in [6.45, 7) is 3.90. The van der Waals surface area contributed by atoms with E-state index >= 15 is 0 Å². The second-order valence-electron chi connectivity index (χ2n) is 10.2. The first-order chi connectivity index (χ1) is 16.3. The number of aliphatic carboxylic acids is 1. The quantitative estimate of drug-likeness (QED) is 0.579. The first kappa shape index (κ1) is 22.4. The lowest BCUT2D eigenvalue weighted by Gasteiger charge is -2.25. The Hall–Kier alpha value is -3.35. The molecule has 7 nitrogen and oxygen atoms in total. The number of benzene rings is 2. The van der Waals surface area contributed by atoms with Crippen molar-refractivity contribution in [3.05, 3.63) is 59.7 Å². The van der Waals surface area contributed by atoms with E-state index in [1.165, 1.54) is 0 Å². The number of rotatable bonds is 7. The van der Waals surface area contributed by atoms with Crippen LogP contribution >= 0.6 is 0 Å². The molecule has 5 rings (SSSR count). The fraction of sp³-hybridized carbons (Fsp3) is 0.444. The number of carboxylic acid groups (broad SMARTS) is 1. The average Bonchev–Trinajstić information content (AvgIpc) is 3.25. The van der Waals surface area contributed by atoms with E-state index < -0.39 is 23.5 Å². The number of amides is 2. The third-order valence-corrected chi connectivity index (χ3v) is 7.75. The van der Waals surface area contributed by atoms with Gasteiger partial charge in [-0.2, -0.15) is 0 Å². The molecule has 3 N–H and O–H groups in total. The molecule has 2 amide bonds. The fourth-order valence-electron chi connectivity index (χ4n) is 5.86. The molecule has 0 bridgehead atoms. The lowest BCUT2D eigenvalue weighted by molar-refractivity contribution is -0.143. The molecule has 4 atom stereocenters. The normalized spacial score (nSPS) is 25.1. The van der Waals surface area contributed by atoms with E-state index in [1.807, 2.05) is 38.1 Å². The average molecular weight is 463 g/mol. The highest BCUT2D eigenvalue weighted by molar-refractivity contribution is 5.87. The molecule has 7 heteroatoms. The van der Waals surface area contributed by atoms with Crippen LogP contribution in [-0.4, -0.2) is 41.8 Å². The second kappa shape index (κ2) is 8.46. The molecule has 0 aromatic heterocycles. The summed E-state index contributed by atoms with van der Waals surface area (Å²) in [5, 5.41) is 15.2. The van der Waals surface area contributed by atoms with Crippen LogP contribution in [0.2, 0.25) is 0 Å². The van der Waals surface area contributed by atoms with Gasteiger partial charge in [0, 0.05) is 12.0 Å². The van der Waals surface area contributed by atoms with Crippen molar-refractivity contribution >= 4 is 18.0 Å². The van der Waals surface area contributed by atoms with Gasteiger partial charge in [0.25, 0.3) is 0 Å². The highest BCUT2D eigenvalue weighted by Crippen LogP contribution is 2.63. The molecule has 0 spiro atoms. The predicted molar refractivity (Wildman–Crippen MR) is 126 cm³/mol. The Labute approximate surface area is 198 Å². The van der Waals surface area contributed by atoms with E-state index in [4.69, 9.17) is 4.74 Å². The SMILES string of the molecule is CC(C)C(NC(=O)OCC1c2ccccc2-c2ccccc21)C(=O)N[C@@H]1C[C@H]2C[C@@]2(C(=O)O)C1. The van der Waals surface area contributed by atoms with Gasteiger partial charge in [0.1, 0.15) is 12.6 Å². The zero-order chi connectivity index (χ0) is 24.0. The summed E-state index contributed by atoms with van der Waals surface area (Å²) in [7, 11) is 0. The summed E-state index contributed by atoms with van der Waals surface area (Å²) < 4.78 is 5.60. The molecule has 0 saturated heterocycles. The summed E-state index contributed by atoms with van der Waals surface area (Å²) in [5.41, 5.74) is 3.90. The predicted octanol–water partition coefficient (Wildman–Crippen LogP) is 3.92. The number of hydrogen-bond donors (Lipinski definition) is 3. The van der Waals surface area contributed by atoms with Gasteiger partial charge in [-0.1, -0.05) is 62.4 Å². The lowest BCUT2D eigenvalue weighted by Crippen LogP contribution is -2.52. The van der Waals surface area contributed by atoms with E-state index in [9.17, 15) is 19.5 Å². The van der Waals surface area contributed by atoms with Gasteiger partial charge in [0.05, 0.1) is 5.41 Å². The molecule has 1 unspecified atom stereocenters. The molecular formula is C27H30N2O5. The van der Waals surface area contributed by atoms with E-state index in [0.717, 1.165) is 22.3 Å². The highest BCUT2D eigenvalue weighted by Gasteiger charge is 2.65. The van der Waals surface area contributed by atoms with Crippen LogP contribution in [0.1, 0.15) is 50.2 Å². The van der Waals surface area contributed by atoms with Crippen molar-refractivity contribution in [1.82, 2.24) is 10.6 Å². The molecule has 3 aliphatic rings. The Kier molecular flexibility index (Phi) is 5.58. The van der Waals surface area contributed by atoms with Crippen LogP contribution in [0.15, 0.2) is 48.5 Å². The maximum atomic E-state index is 12.9. The molecule has 2 aromatic carbocycles. The van der Waals surface area contributed by atoms with Crippen LogP contribution in [-0.2, 0) is 14.3 Å². The number of ether oxygens (including phenoxy) is 1. The third-order valence-electron chi connectivity index (χ3n) is 7.75. The van der Waals surface area contributed by atoms with Gasteiger partial charge in [0.15, 0.2) is 0 Å². The van der Waals surface area contributed by atoms with Crippen LogP contribution in [0.4, 0.5) is 4.79 Å². The Bertz CT molecular complexity index is 1100. The first-order valence-corrected chi connectivity index (χ1v) is 12.0. The van der Waals surface area contributed by atoms with E-state index in [1.54, 1.807) is 0 Å². The molecule has 0 heterocycles. The van der Waals surface area contributed by atoms with Crippen molar-refractivity contribution in [1.29, 1.82) is 0 Å². The van der Waals surface area contributed by atoms with Gasteiger partial charge in [-0.05, 0) is 53.4 Å². The number of nitrogens with one attached hydrogen (secondary N) is 2. The van der Waals surface area contributed by atoms with E-state index in [0.29, 0.717) is 19.3 Å². The summed E-state index contributed by atoms with van der Waals surface area (Å²) in [5.74, 6) is -1.13. The molecule has 2 saturated carbocycles. The van der Waals surface area contributed by atoms with E-state index in [-0.39, 0.29) is 36.3 Å². The smallest absolute Gasteiger partial charge is 0.407 e. The summed E-state index contributed by atoms with van der Waals surface area (Å²) in [4.78, 5) is 37.2. The van der Waals surface area contributed by atoms with Gasteiger partial charge >= 0.3 is 12.1 Å². The minimum Gasteiger partial charge on any atom is -0.481 e. The van der Waals surface area contributed by atoms with Crippen molar-refractivity contribution in [2.75, 3.05) is 6.61 Å². The Balaban J connectivity index is 1.20. The highest BCUT2D eigenvalue weighted by atomic mass is 16.5. The third kappa shape index (κ3) is 3.83. The Morgan fingerprint density at radius 2 is 1.65 bits per heavy atom. The molecule has 34 heavy (non-hydrogen) atoms. The fourth-order valence-corrected chi connectivity index (χ4v) is 5.86. The van der Waals surface area contributed by atoms with Crippen molar-refractivity contribution < 1.29 is 24.2 Å². The van der Waals surface area contributed by atoms with Gasteiger partial charge in [-0.25, -0.2) is 4.79 Å². The summed E-state index contributed by atoms with van der Waals surface area (Å²) in [6.07, 6.45) is 1.19. The molecule has 0 radical (unpaired) electrons. The summed E-state index contributed by atoms with van der Waals surface area (Å²) in [6, 6.07) is 15.3. The number of hydrogen-bond acceptors (Lipinski definition) is 4. The summed E-state index contributed by atoms with van der Waals surface area (Å²) >= 11 is 0. The van der Waals surface area contributed by atoms with Gasteiger partial charge in [0.2, 0.25) is 5.91 Å². The van der Waals surface area contributed by atoms with Crippen molar-refractivity contribution in [2.45, 2.75) is 51.1 Å². The Morgan fingerprint density at radius 1 is 1.03 bits per heavy atom. The maximum Gasteiger partial charge on any atom is 0.407 e.